The lowest BCUT2D eigenvalue weighted by atomic mass is 9.90. The van der Waals surface area contributed by atoms with Crippen LogP contribution in [0.2, 0.25) is 0 Å². The maximum absolute atomic E-state index is 12.9. The van der Waals surface area contributed by atoms with Crippen LogP contribution in [-0.4, -0.2) is 23.1 Å². The number of aromatic nitrogens is 2. The Morgan fingerprint density at radius 3 is 2.92 bits per heavy atom. The average Bonchev–Trinajstić information content (AvgIpc) is 3.10. The second-order valence-corrected chi connectivity index (χ2v) is 7.59. The van der Waals surface area contributed by atoms with Crippen molar-refractivity contribution in [2.45, 2.75) is 25.4 Å². The number of fused-ring (bicyclic) bond motifs is 1. The molecule has 136 valence electrons. The van der Waals surface area contributed by atoms with E-state index in [-0.39, 0.29) is 0 Å². The lowest BCUT2D eigenvalue weighted by molar-refractivity contribution is -0.137. The van der Waals surface area contributed by atoms with Gasteiger partial charge in [-0.2, -0.15) is 13.2 Å². The first-order valence-electron chi connectivity index (χ1n) is 8.60. The minimum absolute atomic E-state index is 0.316. The zero-order valence-corrected chi connectivity index (χ0v) is 14.9. The van der Waals surface area contributed by atoms with E-state index in [0.29, 0.717) is 12.3 Å². The van der Waals surface area contributed by atoms with Crippen molar-refractivity contribution in [1.82, 2.24) is 9.97 Å². The highest BCUT2D eigenvalue weighted by Gasteiger charge is 2.31. The van der Waals surface area contributed by atoms with Crippen molar-refractivity contribution in [3.63, 3.8) is 0 Å². The Bertz CT molecular complexity index is 906. The summed E-state index contributed by atoms with van der Waals surface area (Å²) >= 11 is 1.59. The van der Waals surface area contributed by atoms with E-state index in [0.717, 1.165) is 53.6 Å². The van der Waals surface area contributed by atoms with Gasteiger partial charge in [-0.15, -0.1) is 11.3 Å². The van der Waals surface area contributed by atoms with E-state index in [9.17, 15) is 13.2 Å². The van der Waals surface area contributed by atoms with Crippen LogP contribution >= 0.6 is 11.3 Å². The van der Waals surface area contributed by atoms with E-state index in [1.807, 2.05) is 11.4 Å². The number of hydrogen-bond donors (Lipinski definition) is 0. The zero-order chi connectivity index (χ0) is 18.1. The summed E-state index contributed by atoms with van der Waals surface area (Å²) in [6.07, 6.45) is -0.0210. The molecule has 2 aromatic heterocycles. The van der Waals surface area contributed by atoms with Gasteiger partial charge in [-0.3, -0.25) is 0 Å². The van der Waals surface area contributed by atoms with Crippen molar-refractivity contribution in [3.05, 3.63) is 53.2 Å². The average molecular weight is 377 g/mol. The van der Waals surface area contributed by atoms with E-state index < -0.39 is 11.7 Å². The van der Waals surface area contributed by atoms with Crippen LogP contribution in [0.4, 0.5) is 19.0 Å². The fourth-order valence-electron chi connectivity index (χ4n) is 3.66. The fraction of sp³-hybridized carbons (Fsp3) is 0.368. The molecule has 3 heterocycles. The number of benzene rings is 1. The van der Waals surface area contributed by atoms with Gasteiger partial charge in [0, 0.05) is 13.1 Å². The first-order valence-corrected chi connectivity index (χ1v) is 9.48. The highest BCUT2D eigenvalue weighted by molar-refractivity contribution is 7.16. The molecule has 0 saturated carbocycles. The van der Waals surface area contributed by atoms with Crippen LogP contribution in [-0.2, 0) is 12.6 Å². The highest BCUT2D eigenvalue weighted by atomic mass is 32.1. The van der Waals surface area contributed by atoms with Gasteiger partial charge in [-0.25, -0.2) is 9.97 Å². The normalized spacial score (nSPS) is 18.4. The van der Waals surface area contributed by atoms with E-state index in [4.69, 9.17) is 0 Å². The first kappa shape index (κ1) is 17.3. The molecule has 1 unspecified atom stereocenters. The molecule has 3 aromatic rings. The highest BCUT2D eigenvalue weighted by Crippen LogP contribution is 2.32. The Labute approximate surface area is 153 Å². The van der Waals surface area contributed by atoms with Gasteiger partial charge in [0.1, 0.15) is 17.0 Å². The lowest BCUT2D eigenvalue weighted by Gasteiger charge is -2.34. The Morgan fingerprint density at radius 1 is 1.19 bits per heavy atom. The third-order valence-corrected chi connectivity index (χ3v) is 5.66. The Hall–Kier alpha value is -2.15. The topological polar surface area (TPSA) is 29.0 Å². The molecule has 0 radical (unpaired) electrons. The molecule has 0 N–H and O–H groups in total. The van der Waals surface area contributed by atoms with Crippen molar-refractivity contribution >= 4 is 27.4 Å². The van der Waals surface area contributed by atoms with Crippen molar-refractivity contribution in [2.75, 3.05) is 18.0 Å². The number of thiophene rings is 1. The SMILES string of the molecule is FC(F)(F)c1cccc(CC2CCCN(c3ncnc4sccc34)C2)c1. The number of halogens is 3. The van der Waals surface area contributed by atoms with Crippen LogP contribution in [0.3, 0.4) is 0 Å². The van der Waals surface area contributed by atoms with E-state index in [2.05, 4.69) is 14.9 Å². The molecule has 0 spiro atoms. The summed E-state index contributed by atoms with van der Waals surface area (Å²) in [5, 5.41) is 3.06. The molecular weight excluding hydrogens is 359 g/mol. The van der Waals surface area contributed by atoms with E-state index in [1.165, 1.54) is 12.1 Å². The summed E-state index contributed by atoms with van der Waals surface area (Å²) in [6, 6.07) is 7.73. The number of piperidine rings is 1. The van der Waals surface area contributed by atoms with Gasteiger partial charge < -0.3 is 4.90 Å². The number of rotatable bonds is 3. The molecular formula is C19H18F3N3S. The standard InChI is InChI=1S/C19H18F3N3S/c20-19(21,22)15-5-1-3-13(10-15)9-14-4-2-7-25(11-14)17-16-6-8-26-18(16)24-12-23-17/h1,3,5-6,8,10,12,14H,2,4,7,9,11H2. The molecule has 0 amide bonds. The maximum atomic E-state index is 12.9. The predicted molar refractivity (Wildman–Crippen MR) is 97.5 cm³/mol. The maximum Gasteiger partial charge on any atom is 0.416 e. The van der Waals surface area contributed by atoms with Crippen LogP contribution in [0.25, 0.3) is 10.2 Å². The molecule has 7 heteroatoms. The van der Waals surface area contributed by atoms with Gasteiger partial charge in [0.25, 0.3) is 0 Å². The molecule has 1 atom stereocenters. The van der Waals surface area contributed by atoms with Gasteiger partial charge in [-0.05, 0) is 48.3 Å². The van der Waals surface area contributed by atoms with E-state index in [1.54, 1.807) is 23.7 Å². The van der Waals surface area contributed by atoms with Gasteiger partial charge in [0.2, 0.25) is 0 Å². The molecule has 0 bridgehead atoms. The van der Waals surface area contributed by atoms with Crippen LogP contribution < -0.4 is 4.90 Å². The second kappa shape index (κ2) is 6.87. The fourth-order valence-corrected chi connectivity index (χ4v) is 4.39. The van der Waals surface area contributed by atoms with Gasteiger partial charge >= 0.3 is 6.18 Å². The Balaban J connectivity index is 1.52. The summed E-state index contributed by atoms with van der Waals surface area (Å²) in [5.74, 6) is 1.25. The largest absolute Gasteiger partial charge is 0.416 e. The van der Waals surface area contributed by atoms with Gasteiger partial charge in [0.05, 0.1) is 10.9 Å². The molecule has 26 heavy (non-hydrogen) atoms. The summed E-state index contributed by atoms with van der Waals surface area (Å²) in [6.45, 7) is 1.72. The lowest BCUT2D eigenvalue weighted by Crippen LogP contribution is -2.36. The summed E-state index contributed by atoms with van der Waals surface area (Å²) in [5.41, 5.74) is 0.175. The van der Waals surface area contributed by atoms with Crippen molar-refractivity contribution in [3.8, 4) is 0 Å². The molecule has 1 saturated heterocycles. The van der Waals surface area contributed by atoms with Crippen molar-refractivity contribution in [1.29, 1.82) is 0 Å². The minimum atomic E-state index is -4.29. The van der Waals surface area contributed by atoms with Gasteiger partial charge in [0.15, 0.2) is 0 Å². The number of hydrogen-bond acceptors (Lipinski definition) is 4. The van der Waals surface area contributed by atoms with Gasteiger partial charge in [-0.1, -0.05) is 18.2 Å². The number of anilines is 1. The van der Waals surface area contributed by atoms with Crippen LogP contribution in [0.15, 0.2) is 42.0 Å². The molecule has 3 nitrogen and oxygen atoms in total. The van der Waals surface area contributed by atoms with Crippen LogP contribution in [0.5, 0.6) is 0 Å². The van der Waals surface area contributed by atoms with Crippen LogP contribution in [0.1, 0.15) is 24.0 Å². The predicted octanol–water partition coefficient (Wildman–Crippen LogP) is 5.17. The first-order chi connectivity index (χ1) is 12.5. The zero-order valence-electron chi connectivity index (χ0n) is 14.0. The van der Waals surface area contributed by atoms with Crippen molar-refractivity contribution < 1.29 is 13.2 Å². The third kappa shape index (κ3) is 3.53. The van der Waals surface area contributed by atoms with E-state index >= 15 is 0 Å². The number of nitrogens with zero attached hydrogens (tertiary/aromatic N) is 3. The molecule has 1 aliphatic heterocycles. The Morgan fingerprint density at radius 2 is 2.08 bits per heavy atom. The molecule has 0 aliphatic carbocycles. The number of alkyl halides is 3. The minimum Gasteiger partial charge on any atom is -0.356 e. The monoisotopic (exact) mass is 377 g/mol. The quantitative estimate of drug-likeness (QED) is 0.631. The molecule has 1 fully saturated rings. The Kier molecular flexibility index (Phi) is 4.56. The molecule has 1 aromatic carbocycles. The van der Waals surface area contributed by atoms with Crippen molar-refractivity contribution in [2.24, 2.45) is 5.92 Å². The molecule has 1 aliphatic rings. The summed E-state index contributed by atoms with van der Waals surface area (Å²) in [7, 11) is 0. The smallest absolute Gasteiger partial charge is 0.356 e. The second-order valence-electron chi connectivity index (χ2n) is 6.69. The van der Waals surface area contributed by atoms with Crippen LogP contribution in [0, 0.1) is 5.92 Å². The molecule has 4 rings (SSSR count). The third-order valence-electron chi connectivity index (χ3n) is 4.84. The summed E-state index contributed by atoms with van der Waals surface area (Å²) < 4.78 is 38.8. The summed E-state index contributed by atoms with van der Waals surface area (Å²) in [4.78, 5) is 12.0.